The van der Waals surface area contributed by atoms with Crippen LogP contribution in [0.4, 0.5) is 0 Å². The minimum atomic E-state index is -3.75. The minimum Gasteiger partial charge on any atom is -0.361 e. The molecule has 1 heterocycles. The van der Waals surface area contributed by atoms with Gasteiger partial charge in [0.15, 0.2) is 0 Å². The number of benzene rings is 1. The van der Waals surface area contributed by atoms with Crippen LogP contribution in [0.3, 0.4) is 0 Å². The highest BCUT2D eigenvalue weighted by atomic mass is 32.2. The summed E-state index contributed by atoms with van der Waals surface area (Å²) >= 11 is 0. The maximum absolute atomic E-state index is 12.2. The lowest BCUT2D eigenvalue weighted by Crippen LogP contribution is -2.24. The maximum Gasteiger partial charge on any atom is 0.242 e. The number of hydrogen-bond donors (Lipinski definition) is 1. The summed E-state index contributed by atoms with van der Waals surface area (Å²) < 4.78 is 31.9. The molecule has 1 N–H and O–H groups in total. The van der Waals surface area contributed by atoms with E-state index in [-0.39, 0.29) is 17.0 Å². The van der Waals surface area contributed by atoms with Gasteiger partial charge < -0.3 is 4.52 Å². The van der Waals surface area contributed by atoms with Crippen molar-refractivity contribution in [3.8, 4) is 6.07 Å². The quantitative estimate of drug-likeness (QED) is 0.923. The monoisotopic (exact) mass is 291 g/mol. The molecule has 104 valence electrons. The SMILES string of the molecule is Cc1noc(C)c1CNS(=O)(=O)c1ccccc1C#N. The molecule has 0 aliphatic carbocycles. The molecule has 7 heteroatoms. The summed E-state index contributed by atoms with van der Waals surface area (Å²) in [6.07, 6.45) is 0. The minimum absolute atomic E-state index is 0.0331. The van der Waals surface area contributed by atoms with Gasteiger partial charge in [0, 0.05) is 12.1 Å². The Morgan fingerprint density at radius 2 is 2.05 bits per heavy atom. The van der Waals surface area contributed by atoms with Gasteiger partial charge >= 0.3 is 0 Å². The maximum atomic E-state index is 12.2. The lowest BCUT2D eigenvalue weighted by atomic mass is 10.2. The lowest BCUT2D eigenvalue weighted by Gasteiger charge is -2.07. The van der Waals surface area contributed by atoms with E-state index < -0.39 is 10.0 Å². The van der Waals surface area contributed by atoms with Gasteiger partial charge in [-0.1, -0.05) is 17.3 Å². The second-order valence-corrected chi connectivity index (χ2v) is 5.97. The number of hydrogen-bond acceptors (Lipinski definition) is 5. The standard InChI is InChI=1S/C13H13N3O3S/c1-9-12(10(2)19-16-9)8-15-20(17,18)13-6-4-3-5-11(13)7-14/h3-6,15H,8H2,1-2H3. The van der Waals surface area contributed by atoms with E-state index in [1.54, 1.807) is 26.0 Å². The van der Waals surface area contributed by atoms with Crippen LogP contribution in [0, 0.1) is 25.2 Å². The average molecular weight is 291 g/mol. The zero-order valence-corrected chi connectivity index (χ0v) is 11.9. The Morgan fingerprint density at radius 1 is 1.35 bits per heavy atom. The van der Waals surface area contributed by atoms with Crippen molar-refractivity contribution in [3.63, 3.8) is 0 Å². The van der Waals surface area contributed by atoms with E-state index in [2.05, 4.69) is 9.88 Å². The average Bonchev–Trinajstić information content (AvgIpc) is 2.76. The third kappa shape index (κ3) is 2.71. The first-order valence-electron chi connectivity index (χ1n) is 5.86. The Balaban J connectivity index is 2.27. The third-order valence-electron chi connectivity index (χ3n) is 2.92. The second-order valence-electron chi connectivity index (χ2n) is 4.24. The van der Waals surface area contributed by atoms with E-state index in [0.29, 0.717) is 17.0 Å². The van der Waals surface area contributed by atoms with Gasteiger partial charge in [0.1, 0.15) is 11.8 Å². The summed E-state index contributed by atoms with van der Waals surface area (Å²) in [5.74, 6) is 0.568. The Bertz CT molecular complexity index is 753. The van der Waals surface area contributed by atoms with Gasteiger partial charge in [0.25, 0.3) is 0 Å². The first-order valence-corrected chi connectivity index (χ1v) is 7.34. The van der Waals surface area contributed by atoms with Crippen molar-refractivity contribution in [2.75, 3.05) is 0 Å². The molecule has 0 amide bonds. The predicted molar refractivity (Wildman–Crippen MR) is 71.2 cm³/mol. The molecule has 0 aliphatic rings. The molecule has 0 radical (unpaired) electrons. The van der Waals surface area contributed by atoms with E-state index in [4.69, 9.17) is 9.78 Å². The van der Waals surface area contributed by atoms with Crippen molar-refractivity contribution in [1.29, 1.82) is 5.26 Å². The van der Waals surface area contributed by atoms with E-state index in [1.165, 1.54) is 12.1 Å². The molecule has 2 rings (SSSR count). The summed E-state index contributed by atoms with van der Waals surface area (Å²) in [5.41, 5.74) is 1.44. The normalized spacial score (nSPS) is 11.2. The van der Waals surface area contributed by atoms with E-state index in [1.807, 2.05) is 6.07 Å². The summed E-state index contributed by atoms with van der Waals surface area (Å²) in [4.78, 5) is -0.0331. The highest BCUT2D eigenvalue weighted by Gasteiger charge is 2.19. The fraction of sp³-hybridized carbons (Fsp3) is 0.231. The third-order valence-corrected chi connectivity index (χ3v) is 4.38. The first-order chi connectivity index (χ1) is 9.45. The summed E-state index contributed by atoms with van der Waals surface area (Å²) in [6, 6.07) is 7.92. The van der Waals surface area contributed by atoms with Gasteiger partial charge in [0.2, 0.25) is 10.0 Å². The van der Waals surface area contributed by atoms with Crippen LogP contribution in [0.2, 0.25) is 0 Å². The van der Waals surface area contributed by atoms with E-state index >= 15 is 0 Å². The summed E-state index contributed by atoms with van der Waals surface area (Å²) in [6.45, 7) is 3.53. The Kier molecular flexibility index (Phi) is 3.88. The molecular weight excluding hydrogens is 278 g/mol. The topological polar surface area (TPSA) is 96.0 Å². The van der Waals surface area contributed by atoms with Crippen LogP contribution in [0.5, 0.6) is 0 Å². The smallest absolute Gasteiger partial charge is 0.242 e. The molecule has 0 fully saturated rings. The molecular formula is C13H13N3O3S. The van der Waals surface area contributed by atoms with Gasteiger partial charge in [-0.15, -0.1) is 0 Å². The van der Waals surface area contributed by atoms with E-state index in [9.17, 15) is 8.42 Å². The molecule has 0 saturated carbocycles. The molecule has 6 nitrogen and oxygen atoms in total. The lowest BCUT2D eigenvalue weighted by molar-refractivity contribution is 0.392. The molecule has 0 unspecified atom stereocenters. The van der Waals surface area contributed by atoms with Crippen molar-refractivity contribution in [3.05, 3.63) is 46.8 Å². The van der Waals surface area contributed by atoms with Gasteiger partial charge in [-0.25, -0.2) is 13.1 Å². The van der Waals surface area contributed by atoms with Crippen molar-refractivity contribution >= 4 is 10.0 Å². The first kappa shape index (κ1) is 14.2. The van der Waals surface area contributed by atoms with Crippen LogP contribution in [-0.4, -0.2) is 13.6 Å². The molecule has 0 spiro atoms. The number of rotatable bonds is 4. The predicted octanol–water partition coefficient (Wildman–Crippen LogP) is 1.64. The summed E-state index contributed by atoms with van der Waals surface area (Å²) in [5, 5.41) is 12.7. The Labute approximate surface area is 117 Å². The number of nitrogens with zero attached hydrogens (tertiary/aromatic N) is 2. The molecule has 20 heavy (non-hydrogen) atoms. The van der Waals surface area contributed by atoms with Gasteiger partial charge in [-0.3, -0.25) is 0 Å². The Hall–Kier alpha value is -2.17. The zero-order chi connectivity index (χ0) is 14.8. The molecule has 2 aromatic rings. The van der Waals surface area contributed by atoms with Crippen LogP contribution < -0.4 is 4.72 Å². The molecule has 0 bridgehead atoms. The zero-order valence-electron chi connectivity index (χ0n) is 11.0. The fourth-order valence-electron chi connectivity index (χ4n) is 1.79. The van der Waals surface area contributed by atoms with Crippen molar-refractivity contribution in [2.45, 2.75) is 25.3 Å². The highest BCUT2D eigenvalue weighted by Crippen LogP contribution is 2.16. The number of aromatic nitrogens is 1. The molecule has 0 saturated heterocycles. The number of sulfonamides is 1. The number of nitriles is 1. The van der Waals surface area contributed by atoms with Gasteiger partial charge in [-0.05, 0) is 26.0 Å². The van der Waals surface area contributed by atoms with Crippen LogP contribution in [0.15, 0.2) is 33.7 Å². The van der Waals surface area contributed by atoms with Crippen molar-refractivity contribution in [1.82, 2.24) is 9.88 Å². The second kappa shape index (κ2) is 5.45. The van der Waals surface area contributed by atoms with Gasteiger partial charge in [-0.2, -0.15) is 5.26 Å². The van der Waals surface area contributed by atoms with Crippen LogP contribution in [0.25, 0.3) is 0 Å². The van der Waals surface area contributed by atoms with Crippen LogP contribution in [0.1, 0.15) is 22.6 Å². The molecule has 1 aromatic carbocycles. The molecule has 0 aliphatic heterocycles. The van der Waals surface area contributed by atoms with Crippen LogP contribution in [-0.2, 0) is 16.6 Å². The fourth-order valence-corrected chi connectivity index (χ4v) is 2.94. The highest BCUT2D eigenvalue weighted by molar-refractivity contribution is 7.89. The van der Waals surface area contributed by atoms with Crippen molar-refractivity contribution in [2.24, 2.45) is 0 Å². The van der Waals surface area contributed by atoms with Gasteiger partial charge in [0.05, 0.1) is 16.2 Å². The molecule has 1 aromatic heterocycles. The van der Waals surface area contributed by atoms with E-state index in [0.717, 1.165) is 0 Å². The summed E-state index contributed by atoms with van der Waals surface area (Å²) in [7, 11) is -3.75. The van der Waals surface area contributed by atoms with Crippen molar-refractivity contribution < 1.29 is 12.9 Å². The number of nitrogens with one attached hydrogen (secondary N) is 1. The number of aryl methyl sites for hydroxylation is 2. The Morgan fingerprint density at radius 3 is 2.65 bits per heavy atom. The van der Waals surface area contributed by atoms with Crippen LogP contribution >= 0.6 is 0 Å². The molecule has 0 atom stereocenters. The largest absolute Gasteiger partial charge is 0.361 e.